The Hall–Kier alpha value is -2.42. The fourth-order valence-corrected chi connectivity index (χ4v) is 2.34. The Kier molecular flexibility index (Phi) is 3.57. The number of amides is 2. The van der Waals surface area contributed by atoms with Gasteiger partial charge in [-0.3, -0.25) is 19.9 Å². The number of nitrogens with zero attached hydrogens (tertiary/aromatic N) is 4. The summed E-state index contributed by atoms with van der Waals surface area (Å²) in [7, 11) is 0. The molecule has 1 aliphatic heterocycles. The van der Waals surface area contributed by atoms with E-state index in [2.05, 4.69) is 25.7 Å². The molecule has 3 heterocycles. The normalized spacial score (nSPS) is 17.0. The number of hydrogen-bond acceptors (Lipinski definition) is 6. The second-order valence-electron chi connectivity index (χ2n) is 4.36. The van der Waals surface area contributed by atoms with Crippen LogP contribution in [0.3, 0.4) is 0 Å². The lowest BCUT2D eigenvalue weighted by atomic mass is 10.1. The fourth-order valence-electron chi connectivity index (χ4n) is 2.00. The molecule has 0 fully saturated rings. The van der Waals surface area contributed by atoms with Crippen molar-refractivity contribution in [3.63, 3.8) is 0 Å². The highest BCUT2D eigenvalue weighted by molar-refractivity contribution is 7.98. The molecule has 0 aromatic carbocycles. The first-order chi connectivity index (χ1) is 10.2. The van der Waals surface area contributed by atoms with Gasteiger partial charge >= 0.3 is 0 Å². The quantitative estimate of drug-likeness (QED) is 0.817. The monoisotopic (exact) mass is 304 g/mol. The van der Waals surface area contributed by atoms with E-state index in [1.54, 1.807) is 24.5 Å². The molecule has 8 nitrogen and oxygen atoms in total. The Morgan fingerprint density at radius 2 is 2.24 bits per heavy atom. The highest BCUT2D eigenvalue weighted by atomic mass is 32.2. The number of rotatable bonds is 3. The number of carbonyl (C=O) groups excluding carboxylic acids is 2. The second kappa shape index (κ2) is 5.52. The van der Waals surface area contributed by atoms with Crippen LogP contribution in [-0.2, 0) is 9.59 Å². The summed E-state index contributed by atoms with van der Waals surface area (Å²) in [4.78, 5) is 32.1. The summed E-state index contributed by atoms with van der Waals surface area (Å²) in [6, 6.07) is 2.64. The number of carbonyl (C=O) groups is 2. The van der Waals surface area contributed by atoms with Gasteiger partial charge < -0.3 is 5.32 Å². The van der Waals surface area contributed by atoms with Gasteiger partial charge in [0, 0.05) is 18.1 Å². The molecule has 1 aliphatic rings. The van der Waals surface area contributed by atoms with Crippen LogP contribution in [0.15, 0.2) is 29.7 Å². The summed E-state index contributed by atoms with van der Waals surface area (Å²) in [6.45, 7) is 0. The van der Waals surface area contributed by atoms with Gasteiger partial charge in [0.25, 0.3) is 0 Å². The number of aromatic nitrogens is 4. The number of nitrogens with one attached hydrogen (secondary N) is 2. The zero-order valence-electron chi connectivity index (χ0n) is 11.1. The molecule has 1 atom stereocenters. The van der Waals surface area contributed by atoms with Gasteiger partial charge in [0.1, 0.15) is 6.04 Å². The Labute approximate surface area is 124 Å². The Morgan fingerprint density at radius 1 is 1.48 bits per heavy atom. The van der Waals surface area contributed by atoms with Gasteiger partial charge in [-0.2, -0.15) is 4.98 Å². The van der Waals surface area contributed by atoms with E-state index in [9.17, 15) is 9.59 Å². The molecular weight excluding hydrogens is 292 g/mol. The molecule has 0 radical (unpaired) electrons. The lowest BCUT2D eigenvalue weighted by molar-refractivity contribution is -0.125. The Balaban J connectivity index is 1.86. The second-order valence-corrected chi connectivity index (χ2v) is 5.13. The lowest BCUT2D eigenvalue weighted by Gasteiger charge is -2.22. The van der Waals surface area contributed by atoms with Gasteiger partial charge in [-0.25, -0.2) is 4.68 Å². The first kappa shape index (κ1) is 13.6. The zero-order valence-corrected chi connectivity index (χ0v) is 11.9. The van der Waals surface area contributed by atoms with E-state index in [1.807, 2.05) is 6.26 Å². The van der Waals surface area contributed by atoms with E-state index in [0.717, 1.165) is 0 Å². The zero-order chi connectivity index (χ0) is 14.8. The van der Waals surface area contributed by atoms with Crippen LogP contribution in [0.25, 0.3) is 0 Å². The largest absolute Gasteiger partial charge is 0.324 e. The van der Waals surface area contributed by atoms with E-state index in [-0.39, 0.29) is 18.2 Å². The lowest BCUT2D eigenvalue weighted by Crippen LogP contribution is -2.36. The van der Waals surface area contributed by atoms with Gasteiger partial charge in [0.05, 0.1) is 6.42 Å². The highest BCUT2D eigenvalue weighted by Crippen LogP contribution is 2.26. The maximum Gasteiger partial charge on any atom is 0.249 e. The van der Waals surface area contributed by atoms with E-state index < -0.39 is 6.04 Å². The maximum atomic E-state index is 12.4. The predicted molar refractivity (Wildman–Crippen MR) is 77.0 cm³/mol. The fraction of sp³-hybridized carbons (Fsp3) is 0.250. The van der Waals surface area contributed by atoms with Crippen LogP contribution < -0.4 is 10.6 Å². The Morgan fingerprint density at radius 3 is 2.95 bits per heavy atom. The van der Waals surface area contributed by atoms with Crippen molar-refractivity contribution < 1.29 is 9.59 Å². The van der Waals surface area contributed by atoms with E-state index in [4.69, 9.17) is 0 Å². The van der Waals surface area contributed by atoms with Gasteiger partial charge in [-0.15, -0.1) is 5.10 Å². The molecule has 108 valence electrons. The number of hydrogen-bond donors (Lipinski definition) is 2. The van der Waals surface area contributed by atoms with Gasteiger partial charge in [0.2, 0.25) is 22.9 Å². The van der Waals surface area contributed by atoms with Crippen molar-refractivity contribution in [1.82, 2.24) is 19.7 Å². The minimum atomic E-state index is -0.713. The van der Waals surface area contributed by atoms with Crippen LogP contribution in [0.4, 0.5) is 11.6 Å². The molecule has 9 heteroatoms. The molecule has 21 heavy (non-hydrogen) atoms. The molecule has 1 unspecified atom stereocenters. The summed E-state index contributed by atoms with van der Waals surface area (Å²) < 4.78 is 1.45. The van der Waals surface area contributed by atoms with Crippen LogP contribution in [0.1, 0.15) is 12.5 Å². The molecule has 2 amide bonds. The predicted octanol–water partition coefficient (Wildman–Crippen LogP) is 0.917. The third-order valence-corrected chi connectivity index (χ3v) is 3.51. The van der Waals surface area contributed by atoms with Crippen molar-refractivity contribution in [3.05, 3.63) is 24.5 Å². The van der Waals surface area contributed by atoms with Crippen LogP contribution in [-0.4, -0.2) is 37.8 Å². The summed E-state index contributed by atoms with van der Waals surface area (Å²) in [5, 5.41) is 10.1. The molecule has 2 aromatic heterocycles. The summed E-state index contributed by atoms with van der Waals surface area (Å²) in [5.74, 6) is -0.266. The van der Waals surface area contributed by atoms with Crippen molar-refractivity contribution in [3.8, 4) is 0 Å². The smallest absolute Gasteiger partial charge is 0.249 e. The number of fused-ring (bicyclic) bond motifs is 1. The van der Waals surface area contributed by atoms with Crippen molar-refractivity contribution in [1.29, 1.82) is 0 Å². The molecule has 0 spiro atoms. The van der Waals surface area contributed by atoms with E-state index in [1.165, 1.54) is 16.4 Å². The standard InChI is InChI=1S/C12H12N6O2S/c1-21-12-16-11-15-9(19)6-8(18(11)17-12)10(20)14-7-2-4-13-5-3-7/h2-5,8H,6H2,1H3,(H,13,14,20)(H,15,16,17,19). The topological polar surface area (TPSA) is 102 Å². The summed E-state index contributed by atoms with van der Waals surface area (Å²) in [5.41, 5.74) is 0.618. The molecule has 0 aliphatic carbocycles. The maximum absolute atomic E-state index is 12.4. The summed E-state index contributed by atoms with van der Waals surface area (Å²) in [6.07, 6.45) is 5.02. The van der Waals surface area contributed by atoms with Gasteiger partial charge in [0.15, 0.2) is 0 Å². The van der Waals surface area contributed by atoms with Crippen molar-refractivity contribution in [2.24, 2.45) is 0 Å². The molecule has 0 bridgehead atoms. The minimum absolute atomic E-state index is 0.0289. The first-order valence-electron chi connectivity index (χ1n) is 6.18. The Bertz CT molecular complexity index is 686. The number of anilines is 2. The average molecular weight is 304 g/mol. The third kappa shape index (κ3) is 2.72. The van der Waals surface area contributed by atoms with Crippen molar-refractivity contribution >= 4 is 35.2 Å². The number of pyridine rings is 1. The third-order valence-electron chi connectivity index (χ3n) is 2.97. The van der Waals surface area contributed by atoms with Crippen LogP contribution in [0.2, 0.25) is 0 Å². The van der Waals surface area contributed by atoms with Crippen molar-refractivity contribution in [2.45, 2.75) is 17.6 Å². The highest BCUT2D eigenvalue weighted by Gasteiger charge is 2.33. The van der Waals surface area contributed by atoms with Crippen LogP contribution in [0, 0.1) is 0 Å². The average Bonchev–Trinajstić information content (AvgIpc) is 2.90. The molecule has 3 rings (SSSR count). The molecule has 0 saturated carbocycles. The molecule has 2 aromatic rings. The van der Waals surface area contributed by atoms with Crippen LogP contribution in [0.5, 0.6) is 0 Å². The number of thioether (sulfide) groups is 1. The van der Waals surface area contributed by atoms with Gasteiger partial charge in [-0.05, 0) is 18.4 Å². The SMILES string of the molecule is CSc1nc2n(n1)C(C(=O)Nc1ccncc1)CC(=O)N2. The summed E-state index contributed by atoms with van der Waals surface area (Å²) >= 11 is 1.35. The minimum Gasteiger partial charge on any atom is -0.324 e. The van der Waals surface area contributed by atoms with E-state index >= 15 is 0 Å². The van der Waals surface area contributed by atoms with Crippen molar-refractivity contribution in [2.75, 3.05) is 16.9 Å². The van der Waals surface area contributed by atoms with E-state index in [0.29, 0.717) is 16.8 Å². The molecule has 2 N–H and O–H groups in total. The molecular formula is C12H12N6O2S. The molecule has 0 saturated heterocycles. The first-order valence-corrected chi connectivity index (χ1v) is 7.41. The van der Waals surface area contributed by atoms with Crippen LogP contribution >= 0.6 is 11.8 Å². The van der Waals surface area contributed by atoms with Gasteiger partial charge in [-0.1, -0.05) is 11.8 Å².